The summed E-state index contributed by atoms with van der Waals surface area (Å²) in [7, 11) is 0. The number of rotatable bonds is 15. The van der Waals surface area contributed by atoms with Gasteiger partial charge in [-0.25, -0.2) is 0 Å². The SMILES string of the molecule is C=CCCC(=O)OC[C@H](NC(=O)[C@@H]1[C@H]2O[C@@]3(CC2Br)[C@H](C(=O)N(CC=C)Cc2ccccc2)N(CCO)C(=O)[C@@H]13)c1ccccc1. The number of carbonyl (C=O) groups is 4. The van der Waals surface area contributed by atoms with E-state index in [2.05, 4.69) is 34.4 Å². The van der Waals surface area contributed by atoms with Crippen LogP contribution < -0.4 is 5.32 Å². The van der Waals surface area contributed by atoms with Gasteiger partial charge >= 0.3 is 5.97 Å². The molecule has 3 fully saturated rings. The summed E-state index contributed by atoms with van der Waals surface area (Å²) in [5.74, 6) is -3.45. The van der Waals surface area contributed by atoms with Crippen molar-refractivity contribution in [1.82, 2.24) is 15.1 Å². The van der Waals surface area contributed by atoms with Gasteiger partial charge in [0, 0.05) is 30.9 Å². The molecule has 10 nitrogen and oxygen atoms in total. The Morgan fingerprint density at radius 2 is 1.83 bits per heavy atom. The quantitative estimate of drug-likeness (QED) is 0.167. The first kappa shape index (κ1) is 33.6. The van der Waals surface area contributed by atoms with Crippen molar-refractivity contribution in [2.24, 2.45) is 11.8 Å². The third kappa shape index (κ3) is 6.54. The predicted molar refractivity (Wildman–Crippen MR) is 174 cm³/mol. The number of benzene rings is 2. The fraction of sp³-hybridized carbons (Fsp3) is 0.429. The lowest BCUT2D eigenvalue weighted by molar-refractivity contribution is -0.149. The second-order valence-corrected chi connectivity index (χ2v) is 13.1. The number of β-amino-alcohol motifs (C(OH)–C–C–N with tert-alkyl or cyclic N) is 1. The number of carbonyl (C=O) groups excluding carboxylic acids is 4. The van der Waals surface area contributed by atoms with E-state index in [1.165, 1.54) is 4.90 Å². The lowest BCUT2D eigenvalue weighted by atomic mass is 9.70. The van der Waals surface area contributed by atoms with Crippen LogP contribution in [0.2, 0.25) is 0 Å². The minimum Gasteiger partial charge on any atom is -0.463 e. The maximum absolute atomic E-state index is 14.4. The van der Waals surface area contributed by atoms with Crippen molar-refractivity contribution < 1.29 is 33.8 Å². The highest BCUT2D eigenvalue weighted by Gasteiger charge is 2.76. The molecule has 1 spiro atoms. The second kappa shape index (κ2) is 14.7. The second-order valence-electron chi connectivity index (χ2n) is 11.9. The maximum atomic E-state index is 14.4. The molecule has 11 heteroatoms. The number of likely N-dealkylation sites (tertiary alicyclic amines) is 1. The van der Waals surface area contributed by atoms with Crippen molar-refractivity contribution in [3.05, 3.63) is 97.1 Å². The van der Waals surface area contributed by atoms with E-state index in [0.29, 0.717) is 19.4 Å². The van der Waals surface area contributed by atoms with E-state index < -0.39 is 53.4 Å². The number of hydrogen-bond acceptors (Lipinski definition) is 7. The molecule has 2 aromatic carbocycles. The number of amides is 3. The molecule has 3 aliphatic rings. The normalized spacial score (nSPS) is 26.7. The summed E-state index contributed by atoms with van der Waals surface area (Å²) in [5.41, 5.74) is 0.365. The van der Waals surface area contributed by atoms with E-state index in [0.717, 1.165) is 11.1 Å². The first-order valence-electron chi connectivity index (χ1n) is 15.5. The third-order valence-corrected chi connectivity index (χ3v) is 9.87. The fourth-order valence-corrected chi connectivity index (χ4v) is 8.01. The minimum absolute atomic E-state index is 0.0800. The topological polar surface area (TPSA) is 125 Å². The first-order chi connectivity index (χ1) is 22.2. The summed E-state index contributed by atoms with van der Waals surface area (Å²) >= 11 is 3.69. The Balaban J connectivity index is 1.44. The highest BCUT2D eigenvalue weighted by molar-refractivity contribution is 9.09. The van der Waals surface area contributed by atoms with Gasteiger partial charge in [0.1, 0.15) is 18.2 Å². The average Bonchev–Trinajstić information content (AvgIpc) is 3.65. The molecular weight excluding hydrogens is 654 g/mol. The zero-order valence-corrected chi connectivity index (χ0v) is 27.2. The molecule has 244 valence electrons. The van der Waals surface area contributed by atoms with Crippen LogP contribution in [0.15, 0.2) is 86.0 Å². The molecule has 0 aromatic heterocycles. The number of hydrogen-bond donors (Lipinski definition) is 2. The molecule has 0 radical (unpaired) electrons. The first-order valence-corrected chi connectivity index (χ1v) is 16.5. The van der Waals surface area contributed by atoms with E-state index in [4.69, 9.17) is 9.47 Å². The van der Waals surface area contributed by atoms with Crippen LogP contribution in [0.5, 0.6) is 0 Å². The average molecular weight is 695 g/mol. The van der Waals surface area contributed by atoms with Gasteiger partial charge in [0.25, 0.3) is 0 Å². The van der Waals surface area contributed by atoms with Crippen LogP contribution in [0.3, 0.4) is 0 Å². The molecule has 2 N–H and O–H groups in total. The number of aliphatic hydroxyl groups is 1. The number of nitrogens with one attached hydrogen (secondary N) is 1. The van der Waals surface area contributed by atoms with Crippen LogP contribution in [-0.4, -0.2) is 87.5 Å². The molecular formula is C35H40BrN3O7. The van der Waals surface area contributed by atoms with E-state index in [1.807, 2.05) is 60.7 Å². The van der Waals surface area contributed by atoms with E-state index in [1.54, 1.807) is 17.1 Å². The summed E-state index contributed by atoms with van der Waals surface area (Å²) in [6.07, 6.45) is 3.58. The molecule has 3 amide bonds. The van der Waals surface area contributed by atoms with Crippen LogP contribution in [0.4, 0.5) is 0 Å². The highest BCUT2D eigenvalue weighted by atomic mass is 79.9. The lowest BCUT2D eigenvalue weighted by Crippen LogP contribution is -2.57. The molecule has 3 saturated heterocycles. The largest absolute Gasteiger partial charge is 0.463 e. The monoisotopic (exact) mass is 693 g/mol. The number of halogens is 1. The molecule has 2 aromatic rings. The van der Waals surface area contributed by atoms with Crippen LogP contribution in [0.25, 0.3) is 0 Å². The molecule has 0 saturated carbocycles. The summed E-state index contributed by atoms with van der Waals surface area (Å²) in [4.78, 5) is 57.8. The molecule has 7 atom stereocenters. The maximum Gasteiger partial charge on any atom is 0.306 e. The van der Waals surface area contributed by atoms with Gasteiger partial charge in [0.15, 0.2) is 0 Å². The molecule has 2 bridgehead atoms. The van der Waals surface area contributed by atoms with E-state index >= 15 is 0 Å². The molecule has 5 rings (SSSR count). The number of esters is 1. The third-order valence-electron chi connectivity index (χ3n) is 9.03. The minimum atomic E-state index is -1.28. The van der Waals surface area contributed by atoms with Gasteiger partial charge in [-0.2, -0.15) is 0 Å². The van der Waals surface area contributed by atoms with Crippen LogP contribution in [0, 0.1) is 11.8 Å². The van der Waals surface area contributed by atoms with Crippen molar-refractivity contribution in [3.8, 4) is 0 Å². The Morgan fingerprint density at radius 3 is 2.48 bits per heavy atom. The van der Waals surface area contributed by atoms with Gasteiger partial charge in [-0.1, -0.05) is 88.7 Å². The molecule has 0 aliphatic carbocycles. The van der Waals surface area contributed by atoms with E-state index in [-0.39, 0.29) is 43.5 Å². The fourth-order valence-electron chi connectivity index (χ4n) is 7.06. The van der Waals surface area contributed by atoms with Crippen molar-refractivity contribution in [2.45, 2.75) is 54.4 Å². The molecule has 3 aliphatic heterocycles. The lowest BCUT2D eigenvalue weighted by Gasteiger charge is -2.37. The molecule has 46 heavy (non-hydrogen) atoms. The Kier molecular flexibility index (Phi) is 10.8. The van der Waals surface area contributed by atoms with Gasteiger partial charge in [-0.3, -0.25) is 19.2 Å². The van der Waals surface area contributed by atoms with Crippen LogP contribution in [0.1, 0.15) is 36.4 Å². The number of fused-ring (bicyclic) bond motifs is 1. The summed E-state index contributed by atoms with van der Waals surface area (Å²) in [6.45, 7) is 7.46. The van der Waals surface area contributed by atoms with Gasteiger partial charge < -0.3 is 29.7 Å². The number of allylic oxidation sites excluding steroid dienone is 1. The number of alkyl halides is 1. The summed E-state index contributed by atoms with van der Waals surface area (Å²) in [5, 5.41) is 13.0. The zero-order chi connectivity index (χ0) is 32.8. The number of ether oxygens (including phenoxy) is 2. The van der Waals surface area contributed by atoms with Gasteiger partial charge in [-0.05, 0) is 24.0 Å². The van der Waals surface area contributed by atoms with Crippen LogP contribution in [-0.2, 0) is 35.2 Å². The Morgan fingerprint density at radius 1 is 1.13 bits per heavy atom. The van der Waals surface area contributed by atoms with E-state index in [9.17, 15) is 24.3 Å². The van der Waals surface area contributed by atoms with Gasteiger partial charge in [0.2, 0.25) is 17.7 Å². The highest BCUT2D eigenvalue weighted by Crippen LogP contribution is 2.60. The predicted octanol–water partition coefficient (Wildman–Crippen LogP) is 3.31. The van der Waals surface area contributed by atoms with Crippen LogP contribution >= 0.6 is 15.9 Å². The number of aliphatic hydroxyl groups excluding tert-OH is 1. The van der Waals surface area contributed by atoms with Crippen molar-refractivity contribution in [3.63, 3.8) is 0 Å². The van der Waals surface area contributed by atoms with Crippen molar-refractivity contribution in [1.29, 1.82) is 0 Å². The number of nitrogens with zero attached hydrogens (tertiary/aromatic N) is 2. The Bertz CT molecular complexity index is 1440. The standard InChI is InChI=1S/C35H40BrN3O7/c1-3-5-16-27(41)45-22-26(24-14-10-7-11-15-24)37-32(42)28-29-33(43)39(18-19-40)31(35(29)20-25(36)30(28)46-35)34(44)38(17-4-2)21-23-12-8-6-9-13-23/h3-4,6-15,25-26,28-31,40H,1-2,5,16-22H2,(H,37,42)/t25?,26-,28-,29+,30-,31-,35+/m0/s1. The van der Waals surface area contributed by atoms with Gasteiger partial charge in [-0.15, -0.1) is 13.2 Å². The van der Waals surface area contributed by atoms with Crippen molar-refractivity contribution in [2.75, 3.05) is 26.3 Å². The Hall–Kier alpha value is -3.80. The zero-order valence-electron chi connectivity index (χ0n) is 25.6. The molecule has 3 heterocycles. The van der Waals surface area contributed by atoms with Gasteiger partial charge in [0.05, 0.1) is 30.6 Å². The molecule has 1 unspecified atom stereocenters. The summed E-state index contributed by atoms with van der Waals surface area (Å²) < 4.78 is 12.1. The van der Waals surface area contributed by atoms with Crippen molar-refractivity contribution >= 4 is 39.6 Å². The summed E-state index contributed by atoms with van der Waals surface area (Å²) in [6, 6.07) is 16.9. The Labute approximate surface area is 277 Å². The smallest absolute Gasteiger partial charge is 0.306 e.